The first-order valence-corrected chi connectivity index (χ1v) is 12.5. The summed E-state index contributed by atoms with van der Waals surface area (Å²) in [6, 6.07) is 12.1. The van der Waals surface area contributed by atoms with Gasteiger partial charge in [0.05, 0.1) is 24.1 Å². The maximum absolute atomic E-state index is 11.8. The van der Waals surface area contributed by atoms with Crippen LogP contribution in [-0.4, -0.2) is 44.7 Å². The van der Waals surface area contributed by atoms with Gasteiger partial charge in [0, 0.05) is 29.7 Å². The molecule has 0 saturated carbocycles. The van der Waals surface area contributed by atoms with Crippen molar-refractivity contribution in [1.82, 2.24) is 4.72 Å². The third-order valence-electron chi connectivity index (χ3n) is 5.66. The third-order valence-corrected chi connectivity index (χ3v) is 6.33. The fourth-order valence-electron chi connectivity index (χ4n) is 4.44. The summed E-state index contributed by atoms with van der Waals surface area (Å²) in [5.41, 5.74) is 4.25. The number of nitrogens with zero attached hydrogens (tertiary/aromatic N) is 1. The van der Waals surface area contributed by atoms with Gasteiger partial charge in [-0.05, 0) is 45.7 Å². The van der Waals surface area contributed by atoms with E-state index in [1.54, 1.807) is 0 Å². The molecule has 0 aromatic heterocycles. The van der Waals surface area contributed by atoms with Crippen LogP contribution in [0.2, 0.25) is 0 Å². The number of benzene rings is 2. The zero-order valence-electron chi connectivity index (χ0n) is 18.8. The molecule has 0 saturated heterocycles. The van der Waals surface area contributed by atoms with Crippen molar-refractivity contribution in [2.75, 3.05) is 19.4 Å². The van der Waals surface area contributed by atoms with E-state index in [-0.39, 0.29) is 12.1 Å². The van der Waals surface area contributed by atoms with E-state index in [1.807, 2.05) is 44.2 Å². The smallest absolute Gasteiger partial charge is 0.208 e. The van der Waals surface area contributed by atoms with E-state index in [9.17, 15) is 8.42 Å². The van der Waals surface area contributed by atoms with Gasteiger partial charge in [-0.3, -0.25) is 4.99 Å². The minimum atomic E-state index is -3.33. The molecule has 1 N–H and O–H groups in total. The first kappa shape index (κ1) is 21.8. The maximum Gasteiger partial charge on any atom is 0.208 e. The Morgan fingerprint density at radius 3 is 2.52 bits per heavy atom. The standard InChI is InChI=1S/C24H30N2O4S/c1-6-29-19-12-17-13-24(4,15-25-31(5,27)28)26-21(16-10-8-7-9-11-16)20(17)18-14-23(2,3)30-22(18)19/h7-12,25H,6,13-15H2,1-5H3. The van der Waals surface area contributed by atoms with E-state index >= 15 is 0 Å². The van der Waals surface area contributed by atoms with E-state index in [0.717, 1.165) is 45.9 Å². The first-order chi connectivity index (χ1) is 14.5. The van der Waals surface area contributed by atoms with Gasteiger partial charge in [-0.1, -0.05) is 30.3 Å². The average Bonchev–Trinajstić information content (AvgIpc) is 3.01. The summed E-state index contributed by atoms with van der Waals surface area (Å²) in [6.45, 7) is 8.88. The Bertz CT molecular complexity index is 1140. The van der Waals surface area contributed by atoms with Crippen molar-refractivity contribution in [2.24, 2.45) is 4.99 Å². The SMILES string of the molecule is CCOc1cc2c(c3c1OC(C)(C)C3)C(c1ccccc1)=NC(C)(CNS(C)(=O)=O)C2. The Hall–Kier alpha value is -2.38. The van der Waals surface area contributed by atoms with E-state index in [1.165, 1.54) is 6.26 Å². The first-order valence-electron chi connectivity index (χ1n) is 10.6. The molecule has 2 aromatic rings. The van der Waals surface area contributed by atoms with Crippen LogP contribution in [0, 0.1) is 0 Å². The highest BCUT2D eigenvalue weighted by Gasteiger charge is 2.41. The molecule has 2 heterocycles. The molecule has 0 spiro atoms. The summed E-state index contributed by atoms with van der Waals surface area (Å²) in [7, 11) is -3.33. The van der Waals surface area contributed by atoms with Crippen molar-refractivity contribution >= 4 is 15.7 Å². The van der Waals surface area contributed by atoms with Crippen LogP contribution in [0.4, 0.5) is 0 Å². The molecule has 0 fully saturated rings. The summed E-state index contributed by atoms with van der Waals surface area (Å²) in [6.07, 6.45) is 2.54. The molecule has 7 heteroatoms. The number of aliphatic imine (C=N–C) groups is 1. The lowest BCUT2D eigenvalue weighted by Gasteiger charge is -2.34. The Morgan fingerprint density at radius 1 is 1.16 bits per heavy atom. The fourth-order valence-corrected chi connectivity index (χ4v) is 5.01. The molecule has 0 amide bonds. The van der Waals surface area contributed by atoms with Crippen molar-refractivity contribution in [1.29, 1.82) is 0 Å². The minimum absolute atomic E-state index is 0.227. The monoisotopic (exact) mass is 442 g/mol. The van der Waals surface area contributed by atoms with Crippen LogP contribution in [0.1, 0.15) is 49.9 Å². The van der Waals surface area contributed by atoms with Crippen LogP contribution in [0.5, 0.6) is 11.5 Å². The molecule has 2 aromatic carbocycles. The Labute approximate surface area is 184 Å². The Balaban J connectivity index is 1.91. The van der Waals surface area contributed by atoms with Gasteiger partial charge in [-0.15, -0.1) is 0 Å². The molecule has 6 nitrogen and oxygen atoms in total. The molecular formula is C24H30N2O4S. The third kappa shape index (κ3) is 4.48. The summed E-state index contributed by atoms with van der Waals surface area (Å²) in [5.74, 6) is 1.54. The maximum atomic E-state index is 11.8. The van der Waals surface area contributed by atoms with Crippen molar-refractivity contribution in [3.8, 4) is 11.5 Å². The lowest BCUT2D eigenvalue weighted by atomic mass is 9.80. The number of hydrogen-bond acceptors (Lipinski definition) is 5. The van der Waals surface area contributed by atoms with Crippen molar-refractivity contribution < 1.29 is 17.9 Å². The molecule has 0 radical (unpaired) electrons. The van der Waals surface area contributed by atoms with Crippen LogP contribution in [0.15, 0.2) is 41.4 Å². The average molecular weight is 443 g/mol. The van der Waals surface area contributed by atoms with Crippen LogP contribution in [0.3, 0.4) is 0 Å². The zero-order chi connectivity index (χ0) is 22.4. The molecule has 2 aliphatic heterocycles. The van der Waals surface area contributed by atoms with E-state index in [2.05, 4.69) is 24.6 Å². The van der Waals surface area contributed by atoms with Gasteiger partial charge in [0.15, 0.2) is 11.5 Å². The van der Waals surface area contributed by atoms with Gasteiger partial charge in [0.25, 0.3) is 0 Å². The highest BCUT2D eigenvalue weighted by Crippen LogP contribution is 2.48. The van der Waals surface area contributed by atoms with Gasteiger partial charge in [-0.2, -0.15) is 0 Å². The summed E-state index contributed by atoms with van der Waals surface area (Å²) in [4.78, 5) is 5.12. The van der Waals surface area contributed by atoms with E-state index < -0.39 is 15.6 Å². The Kier molecular flexibility index (Phi) is 5.38. The minimum Gasteiger partial charge on any atom is -0.490 e. The molecule has 1 atom stereocenters. The van der Waals surface area contributed by atoms with Gasteiger partial charge in [0.2, 0.25) is 10.0 Å². The summed E-state index contributed by atoms with van der Waals surface area (Å²) >= 11 is 0. The molecule has 4 rings (SSSR count). The van der Waals surface area contributed by atoms with Crippen molar-refractivity contribution in [3.63, 3.8) is 0 Å². The lowest BCUT2D eigenvalue weighted by Crippen LogP contribution is -2.43. The highest BCUT2D eigenvalue weighted by molar-refractivity contribution is 7.88. The second-order valence-electron chi connectivity index (χ2n) is 9.28. The van der Waals surface area contributed by atoms with Crippen molar-refractivity contribution in [3.05, 3.63) is 58.7 Å². The molecule has 2 aliphatic rings. The van der Waals surface area contributed by atoms with Gasteiger partial charge < -0.3 is 9.47 Å². The van der Waals surface area contributed by atoms with E-state index in [4.69, 9.17) is 14.5 Å². The molecule has 1 unspecified atom stereocenters. The summed E-state index contributed by atoms with van der Waals surface area (Å²) in [5, 5.41) is 0. The number of ether oxygens (including phenoxy) is 2. The van der Waals surface area contributed by atoms with Crippen LogP contribution >= 0.6 is 0 Å². The van der Waals surface area contributed by atoms with Gasteiger partial charge in [-0.25, -0.2) is 13.1 Å². The molecule has 0 aliphatic carbocycles. The lowest BCUT2D eigenvalue weighted by molar-refractivity contribution is 0.132. The quantitative estimate of drug-likeness (QED) is 0.743. The van der Waals surface area contributed by atoms with Crippen LogP contribution in [0.25, 0.3) is 0 Å². The Morgan fingerprint density at radius 2 is 1.87 bits per heavy atom. The van der Waals surface area contributed by atoms with Crippen LogP contribution < -0.4 is 14.2 Å². The number of rotatable bonds is 6. The topological polar surface area (TPSA) is 77.0 Å². The molecule has 31 heavy (non-hydrogen) atoms. The number of hydrogen-bond donors (Lipinski definition) is 1. The largest absolute Gasteiger partial charge is 0.490 e. The highest BCUT2D eigenvalue weighted by atomic mass is 32.2. The number of fused-ring (bicyclic) bond motifs is 3. The van der Waals surface area contributed by atoms with Crippen LogP contribution in [-0.2, 0) is 22.9 Å². The second kappa shape index (κ2) is 7.64. The second-order valence-corrected chi connectivity index (χ2v) is 11.1. The predicted octanol–water partition coefficient (Wildman–Crippen LogP) is 3.50. The summed E-state index contributed by atoms with van der Waals surface area (Å²) < 4.78 is 38.5. The predicted molar refractivity (Wildman–Crippen MR) is 123 cm³/mol. The molecule has 0 bridgehead atoms. The van der Waals surface area contributed by atoms with Gasteiger partial charge in [0.1, 0.15) is 5.60 Å². The zero-order valence-corrected chi connectivity index (χ0v) is 19.6. The van der Waals surface area contributed by atoms with E-state index in [0.29, 0.717) is 13.0 Å². The molecule has 166 valence electrons. The normalized spacial score (nSPS) is 21.6. The van der Waals surface area contributed by atoms with Gasteiger partial charge >= 0.3 is 0 Å². The fraction of sp³-hybridized carbons (Fsp3) is 0.458. The number of sulfonamides is 1. The van der Waals surface area contributed by atoms with Crippen molar-refractivity contribution in [2.45, 2.75) is 51.7 Å². The molecular weight excluding hydrogens is 412 g/mol. The number of nitrogens with one attached hydrogen (secondary N) is 1.